The third kappa shape index (κ3) is 4.08. The van der Waals surface area contributed by atoms with Crippen LogP contribution < -0.4 is 10.2 Å². The van der Waals surface area contributed by atoms with E-state index in [1.54, 1.807) is 6.07 Å². The Bertz CT molecular complexity index is 757. The number of benzene rings is 1. The second-order valence-electron chi connectivity index (χ2n) is 8.08. The minimum Gasteiger partial charge on any atom is -0.546 e. The maximum absolute atomic E-state index is 12.4. The summed E-state index contributed by atoms with van der Waals surface area (Å²) in [5, 5.41) is 4.96. The van der Waals surface area contributed by atoms with E-state index in [9.17, 15) is 4.79 Å². The molecule has 0 aliphatic heterocycles. The highest BCUT2D eigenvalue weighted by Crippen LogP contribution is 2.31. The number of fused-ring (bicyclic) bond motifs is 1. The van der Waals surface area contributed by atoms with E-state index in [0.29, 0.717) is 16.7 Å². The highest BCUT2D eigenvalue weighted by atomic mass is 28.3. The number of carbonyl (C=O) groups excluding carboxylic acids is 1. The molecule has 7 heteroatoms. The van der Waals surface area contributed by atoms with Crippen LogP contribution in [0.4, 0.5) is 10.6 Å². The highest BCUT2D eigenvalue weighted by molar-refractivity contribution is 6.54. The van der Waals surface area contributed by atoms with Crippen molar-refractivity contribution in [3.63, 3.8) is 0 Å². The van der Waals surface area contributed by atoms with Crippen molar-refractivity contribution in [2.75, 3.05) is 5.73 Å². The van der Waals surface area contributed by atoms with E-state index in [1.807, 2.05) is 32.9 Å². The number of nitrogen functional groups attached to an aromatic ring is 1. The largest absolute Gasteiger partial charge is 0.546 e. The van der Waals surface area contributed by atoms with Crippen LogP contribution in [0, 0.1) is 0 Å². The molecule has 0 radical (unpaired) electrons. The first kappa shape index (κ1) is 18.3. The van der Waals surface area contributed by atoms with Crippen molar-refractivity contribution in [2.45, 2.75) is 58.7 Å². The number of nitrogens with zero attached hydrogens (tertiary/aromatic N) is 2. The molecule has 1 aromatic carbocycles. The van der Waals surface area contributed by atoms with Gasteiger partial charge in [-0.3, -0.25) is 0 Å². The van der Waals surface area contributed by atoms with Crippen LogP contribution in [0.5, 0.6) is 5.75 Å². The summed E-state index contributed by atoms with van der Waals surface area (Å²) >= 11 is 0. The van der Waals surface area contributed by atoms with E-state index in [2.05, 4.69) is 32.4 Å². The molecule has 0 bridgehead atoms. The molecule has 6 nitrogen and oxygen atoms in total. The Kier molecular flexibility index (Phi) is 4.67. The molecule has 2 rings (SSSR count). The zero-order valence-corrected chi connectivity index (χ0v) is 16.7. The summed E-state index contributed by atoms with van der Waals surface area (Å²) in [7, 11) is -1.44. The molecular weight excluding hydrogens is 322 g/mol. The third-order valence-electron chi connectivity index (χ3n) is 3.78. The van der Waals surface area contributed by atoms with E-state index >= 15 is 0 Å². The molecule has 0 aliphatic rings. The van der Waals surface area contributed by atoms with E-state index < -0.39 is 20.7 Å². The number of ether oxygens (including phenoxy) is 1. The van der Waals surface area contributed by atoms with Crippen molar-refractivity contribution in [2.24, 2.45) is 0 Å². The smallest absolute Gasteiger partial charge is 0.435 e. The van der Waals surface area contributed by atoms with Gasteiger partial charge in [0.25, 0.3) is 0 Å². The summed E-state index contributed by atoms with van der Waals surface area (Å²) in [5.74, 6) is 1.02. The van der Waals surface area contributed by atoms with Crippen molar-refractivity contribution in [1.29, 1.82) is 0 Å². The fraction of sp³-hybridized carbons (Fsp3) is 0.529. The van der Waals surface area contributed by atoms with Gasteiger partial charge in [-0.1, -0.05) is 20.8 Å². The first-order valence-corrected chi connectivity index (χ1v) is 10.3. The summed E-state index contributed by atoms with van der Waals surface area (Å²) in [6.07, 6.45) is -0.553. The van der Waals surface area contributed by atoms with Crippen LogP contribution >= 0.6 is 0 Å². The molecule has 24 heavy (non-hydrogen) atoms. The van der Waals surface area contributed by atoms with Crippen molar-refractivity contribution in [3.05, 3.63) is 18.2 Å². The molecule has 0 saturated heterocycles. The van der Waals surface area contributed by atoms with Crippen LogP contribution in [0.3, 0.4) is 0 Å². The molecule has 0 saturated carbocycles. The zero-order valence-electron chi connectivity index (χ0n) is 15.5. The van der Waals surface area contributed by atoms with E-state index in [-0.39, 0.29) is 5.04 Å². The summed E-state index contributed by atoms with van der Waals surface area (Å²) < 4.78 is 12.7. The van der Waals surface area contributed by atoms with Gasteiger partial charge in [-0.2, -0.15) is 4.68 Å². The molecule has 1 aromatic heterocycles. The summed E-state index contributed by atoms with van der Waals surface area (Å²) in [6, 6.07) is 5.50. The fourth-order valence-electron chi connectivity index (χ4n) is 2.02. The zero-order chi connectivity index (χ0) is 18.3. The molecule has 2 aromatic rings. The normalized spacial score (nSPS) is 13.8. The maximum Gasteiger partial charge on any atom is 0.435 e. The van der Waals surface area contributed by atoms with E-state index in [1.165, 1.54) is 4.68 Å². The molecule has 2 N–H and O–H groups in total. The second-order valence-corrected chi connectivity index (χ2v) is 11.3. The minimum absolute atomic E-state index is 0.138. The first-order valence-electron chi connectivity index (χ1n) is 8.07. The van der Waals surface area contributed by atoms with Gasteiger partial charge < -0.3 is 14.9 Å². The number of hydrogen-bond acceptors (Lipinski definition) is 5. The average Bonchev–Trinajstić information content (AvgIpc) is 2.73. The van der Waals surface area contributed by atoms with Gasteiger partial charge in [0.15, 0.2) is 5.82 Å². The predicted molar refractivity (Wildman–Crippen MR) is 99.1 cm³/mol. The van der Waals surface area contributed by atoms with Crippen LogP contribution in [0.2, 0.25) is 11.6 Å². The lowest BCUT2D eigenvalue weighted by molar-refractivity contribution is 0.0523. The second kappa shape index (κ2) is 6.12. The first-order chi connectivity index (χ1) is 10.9. The highest BCUT2D eigenvalue weighted by Gasteiger charge is 2.25. The van der Waals surface area contributed by atoms with Crippen LogP contribution in [0.1, 0.15) is 41.5 Å². The van der Waals surface area contributed by atoms with Crippen molar-refractivity contribution in [1.82, 2.24) is 9.78 Å². The lowest BCUT2D eigenvalue weighted by Crippen LogP contribution is -2.29. The standard InChI is InChI=1S/C17H27N3O3Si/c1-16(2,3)22-15(21)20-13-10-11(23-24(7)17(4,5)6)8-9-12(13)14(18)19-20/h8-10,24H,1-7H3,(H2,18,19). The third-order valence-corrected chi connectivity index (χ3v) is 6.84. The molecular formula is C17H27N3O3Si. The Labute approximate surface area is 144 Å². The van der Waals surface area contributed by atoms with Gasteiger partial charge in [0, 0.05) is 11.5 Å². The van der Waals surface area contributed by atoms with Gasteiger partial charge in [-0.25, -0.2) is 4.79 Å². The molecule has 132 valence electrons. The van der Waals surface area contributed by atoms with Crippen molar-refractivity contribution >= 4 is 31.9 Å². The Morgan fingerprint density at radius 1 is 1.21 bits per heavy atom. The number of hydrogen-bond donors (Lipinski definition) is 1. The lowest BCUT2D eigenvalue weighted by atomic mass is 10.2. The molecule has 1 unspecified atom stereocenters. The Balaban J connectivity index is 2.40. The molecule has 1 atom stereocenters. The monoisotopic (exact) mass is 349 g/mol. The average molecular weight is 350 g/mol. The maximum atomic E-state index is 12.4. The van der Waals surface area contributed by atoms with Gasteiger partial charge in [-0.05, 0) is 44.5 Å². The van der Waals surface area contributed by atoms with Crippen LogP contribution in [0.15, 0.2) is 18.2 Å². The fourth-order valence-corrected chi connectivity index (χ4v) is 2.93. The Morgan fingerprint density at radius 3 is 2.38 bits per heavy atom. The molecule has 0 fully saturated rings. The number of aromatic nitrogens is 2. The summed E-state index contributed by atoms with van der Waals surface area (Å²) in [6.45, 7) is 14.1. The minimum atomic E-state index is -1.44. The number of nitrogens with two attached hydrogens (primary N) is 1. The molecule has 0 spiro atoms. The number of carbonyl (C=O) groups is 1. The van der Waals surface area contributed by atoms with Gasteiger partial charge in [0.2, 0.25) is 9.04 Å². The van der Waals surface area contributed by atoms with Crippen LogP contribution in [-0.4, -0.2) is 30.5 Å². The SMILES string of the molecule is C[SiH](Oc1ccc2c(N)nn(C(=O)OC(C)(C)C)c2c1)C(C)(C)C. The van der Waals surface area contributed by atoms with Crippen molar-refractivity contribution in [3.8, 4) is 5.75 Å². The lowest BCUT2D eigenvalue weighted by Gasteiger charge is -2.26. The van der Waals surface area contributed by atoms with Crippen LogP contribution in [0.25, 0.3) is 10.9 Å². The molecule has 0 aliphatic carbocycles. The van der Waals surface area contributed by atoms with Gasteiger partial charge >= 0.3 is 6.09 Å². The summed E-state index contributed by atoms with van der Waals surface area (Å²) in [5.41, 5.74) is 5.91. The Hall–Kier alpha value is -2.02. The molecule has 0 amide bonds. The Morgan fingerprint density at radius 2 is 1.83 bits per heavy atom. The van der Waals surface area contributed by atoms with E-state index in [4.69, 9.17) is 14.9 Å². The van der Waals surface area contributed by atoms with Gasteiger partial charge in [0.05, 0.1) is 5.52 Å². The van der Waals surface area contributed by atoms with Crippen LogP contribution in [-0.2, 0) is 4.74 Å². The van der Waals surface area contributed by atoms with Crippen molar-refractivity contribution < 1.29 is 14.0 Å². The van der Waals surface area contributed by atoms with Gasteiger partial charge in [0.1, 0.15) is 11.4 Å². The quantitative estimate of drug-likeness (QED) is 0.831. The summed E-state index contributed by atoms with van der Waals surface area (Å²) in [4.78, 5) is 12.4. The topological polar surface area (TPSA) is 79.4 Å². The van der Waals surface area contributed by atoms with Gasteiger partial charge in [-0.15, -0.1) is 5.10 Å². The van der Waals surface area contributed by atoms with E-state index in [0.717, 1.165) is 5.75 Å². The predicted octanol–water partition coefficient (Wildman–Crippen LogP) is 3.93. The number of anilines is 1. The number of rotatable bonds is 2. The molecule has 1 heterocycles.